The van der Waals surface area contributed by atoms with Crippen molar-refractivity contribution < 1.29 is 57.4 Å². The van der Waals surface area contributed by atoms with E-state index in [9.17, 15) is 19.5 Å². The summed E-state index contributed by atoms with van der Waals surface area (Å²) in [7, 11) is 10.7. The molecule has 1 saturated carbocycles. The predicted molar refractivity (Wildman–Crippen MR) is 326 cm³/mol. The average Bonchev–Trinajstić information content (AvgIpc) is 1.44. The minimum Gasteiger partial charge on any atom is -0.496 e. The monoisotopic (exact) mass is 1190 g/mol. The molecular weight excluding hydrogens is 1110 g/mol. The summed E-state index contributed by atoms with van der Waals surface area (Å²) < 4.78 is 42.3. The number of rotatable bonds is 15. The number of H-pyrrole nitrogens is 1. The summed E-state index contributed by atoms with van der Waals surface area (Å²) in [6.45, 7) is 7.45. The molecule has 86 heavy (non-hydrogen) atoms. The van der Waals surface area contributed by atoms with Gasteiger partial charge < -0.3 is 53.5 Å². The van der Waals surface area contributed by atoms with Crippen molar-refractivity contribution in [3.8, 4) is 34.1 Å². The van der Waals surface area contributed by atoms with Crippen molar-refractivity contribution in [1.29, 1.82) is 0 Å². The van der Waals surface area contributed by atoms with Crippen LogP contribution in [-0.2, 0) is 57.2 Å². The summed E-state index contributed by atoms with van der Waals surface area (Å²) in [4.78, 5) is 84.7. The Balaban J connectivity index is 0.924. The Hall–Kier alpha value is -7.32. The molecule has 10 atom stereocenters. The van der Waals surface area contributed by atoms with Crippen molar-refractivity contribution in [3.63, 3.8) is 0 Å². The quantitative estimate of drug-likeness (QED) is 0.0392. The number of fused-ring (bicyclic) bond motifs is 9. The van der Waals surface area contributed by atoms with Gasteiger partial charge in [0.2, 0.25) is 17.3 Å². The Bertz CT molecular complexity index is 3730. The second-order valence-corrected chi connectivity index (χ2v) is 25.0. The number of methoxy groups -OCH3 is 6. The van der Waals surface area contributed by atoms with Gasteiger partial charge in [-0.15, -0.1) is 11.8 Å². The first-order chi connectivity index (χ1) is 41.5. The number of thioether (sulfide) groups is 1. The molecule has 5 aromatic rings. The van der Waals surface area contributed by atoms with Gasteiger partial charge in [0, 0.05) is 96.0 Å². The van der Waals surface area contributed by atoms with Crippen molar-refractivity contribution in [2.75, 3.05) is 87.0 Å². The Kier molecular flexibility index (Phi) is 15.4. The predicted octanol–water partition coefficient (Wildman–Crippen LogP) is 8.09. The van der Waals surface area contributed by atoms with Crippen LogP contribution in [0.25, 0.3) is 22.0 Å². The van der Waals surface area contributed by atoms with Gasteiger partial charge in [-0.3, -0.25) is 29.0 Å². The molecule has 2 fully saturated rings. The van der Waals surface area contributed by atoms with Gasteiger partial charge in [0.1, 0.15) is 11.2 Å². The second-order valence-electron chi connectivity index (χ2n) is 24.2. The van der Waals surface area contributed by atoms with Gasteiger partial charge >= 0.3 is 17.9 Å². The number of hydrogen-bond donors (Lipinski definition) is 3. The summed E-state index contributed by atoms with van der Waals surface area (Å²) in [5, 5.41) is 18.2. The number of amides is 1. The second kappa shape index (κ2) is 22.4. The number of esters is 3. The Morgan fingerprint density at radius 1 is 0.860 bits per heavy atom. The van der Waals surface area contributed by atoms with Crippen LogP contribution in [0.3, 0.4) is 0 Å². The fourth-order valence-electron chi connectivity index (χ4n) is 17.0. The molecule has 7 aliphatic rings. The zero-order chi connectivity index (χ0) is 60.8. The highest BCUT2D eigenvalue weighted by Gasteiger charge is 2.80. The molecule has 3 N–H and O–H groups in total. The van der Waals surface area contributed by atoms with E-state index in [0.717, 1.165) is 52.8 Å². The molecule has 2 aliphatic carbocycles. The topological polar surface area (TPSA) is 208 Å². The fourth-order valence-corrected chi connectivity index (χ4v) is 17.4. The van der Waals surface area contributed by atoms with Gasteiger partial charge in [0.25, 0.3) is 0 Å². The van der Waals surface area contributed by atoms with E-state index >= 15 is 9.59 Å². The molecule has 18 nitrogen and oxygen atoms in total. The summed E-state index contributed by atoms with van der Waals surface area (Å²) >= 11 is 1.32. The molecule has 12 rings (SSSR count). The summed E-state index contributed by atoms with van der Waals surface area (Å²) in [6.07, 6.45) is 8.89. The van der Waals surface area contributed by atoms with E-state index in [0.29, 0.717) is 108 Å². The molecule has 1 aromatic heterocycles. The molecule has 1 spiro atoms. The van der Waals surface area contributed by atoms with E-state index < -0.39 is 76.3 Å². The normalized spacial score (nSPS) is 28.4. The van der Waals surface area contributed by atoms with Crippen molar-refractivity contribution in [3.05, 3.63) is 128 Å². The number of para-hydroxylation sites is 1. The molecule has 5 aliphatic heterocycles. The number of nitrogens with one attached hydrogen (secondary N) is 2. The average molecular weight is 1190 g/mol. The van der Waals surface area contributed by atoms with Crippen LogP contribution in [0.4, 0.5) is 5.69 Å². The van der Waals surface area contributed by atoms with Crippen molar-refractivity contribution >= 4 is 52.2 Å². The summed E-state index contributed by atoms with van der Waals surface area (Å²) in [6, 6.07) is 17.1. The number of carbonyl (C=O) groups is 4. The largest absolute Gasteiger partial charge is 0.496 e. The maximum absolute atomic E-state index is 15.5. The fraction of sp³-hybridized carbons (Fsp3) is 0.478. The van der Waals surface area contributed by atoms with Crippen LogP contribution in [0, 0.1) is 11.3 Å². The molecule has 19 heteroatoms. The molecule has 2 bridgehead atoms. The van der Waals surface area contributed by atoms with Gasteiger partial charge in [-0.2, -0.15) is 0 Å². The first kappa shape index (κ1) is 59.0. The highest BCUT2D eigenvalue weighted by Crippen LogP contribution is 2.68. The van der Waals surface area contributed by atoms with Crippen molar-refractivity contribution in [1.82, 2.24) is 20.1 Å². The molecule has 1 unspecified atom stereocenters. The number of benzene rings is 3. The van der Waals surface area contributed by atoms with Crippen molar-refractivity contribution in [2.45, 2.75) is 117 Å². The minimum atomic E-state index is -2.51. The SMILES string of the molecule is CCC1=C[C@H]2CN(C1)Cc1c([nH]c3ccccc13)[C@@](C(=O)OC)(c1cc3c(cc1OC)N(C)[C@H]1[C@@](O)(C(=O)OC)[C@H](OC(=O)CCC(=O)N[C@H]4CCc5cc(OC)c(OC)c(OC)c5-c5ccc(SC)c(=O)cc54)[C@]4(CC)C=CCN5CC[C@]31[C@@H]54)C2. The highest BCUT2D eigenvalue weighted by molar-refractivity contribution is 7.98. The van der Waals surface area contributed by atoms with E-state index in [4.69, 9.17) is 33.2 Å². The van der Waals surface area contributed by atoms with Gasteiger partial charge in [0.15, 0.2) is 23.0 Å². The van der Waals surface area contributed by atoms with Crippen LogP contribution in [-0.4, -0.2) is 150 Å². The molecular formula is C67H77N5O13S. The van der Waals surface area contributed by atoms with Gasteiger partial charge in [-0.05, 0) is 115 Å². The highest BCUT2D eigenvalue weighted by atomic mass is 32.2. The third-order valence-electron chi connectivity index (χ3n) is 20.3. The Morgan fingerprint density at radius 3 is 2.34 bits per heavy atom. The van der Waals surface area contributed by atoms with Crippen LogP contribution in [0.5, 0.6) is 23.0 Å². The van der Waals surface area contributed by atoms with E-state index in [1.54, 1.807) is 33.5 Å². The lowest BCUT2D eigenvalue weighted by molar-refractivity contribution is -0.229. The number of anilines is 1. The van der Waals surface area contributed by atoms with Gasteiger partial charge in [-0.25, -0.2) is 4.79 Å². The molecule has 454 valence electrons. The third-order valence-corrected chi connectivity index (χ3v) is 21.1. The smallest absolute Gasteiger partial charge is 0.344 e. The number of nitrogens with zero attached hydrogens (tertiary/aromatic N) is 3. The standard InChI is InChI=1S/C67H77N5O13S/c1-11-37-28-38-33-66(62(76)83-8,58-43(36-71(34-37)35-38)40-16-13-14-17-46(40)69-58)45-31-44-48(32-50(45)79-4)70(3)60-65(44)25-27-72-26-15-24-64(12-2,59(65)72)61(67(60,78)63(77)84-9)85-54(75)23-22-53(74)68-47-20-18-39-29-51(80-5)56(81-6)57(82-7)55(39)41-19-21-52(86-10)49(73)30-42(41)47/h13-17,19,21,24,28-32,38,47,59-61,69,78H,11-12,18,20,22-23,25-27,33-36H2,1-10H3,(H,68,74)/t38-,47+,59+,60-,61-,64-,65-,66+,67+/m1/s1. The van der Waals surface area contributed by atoms with Crippen LogP contribution in [0.15, 0.2) is 94.2 Å². The zero-order valence-corrected chi connectivity index (χ0v) is 51.5. The van der Waals surface area contributed by atoms with Gasteiger partial charge in [-0.1, -0.05) is 61.9 Å². The van der Waals surface area contributed by atoms with Gasteiger partial charge in [0.05, 0.1) is 66.1 Å². The van der Waals surface area contributed by atoms with E-state index in [1.807, 2.05) is 73.7 Å². The minimum absolute atomic E-state index is 0.0439. The number of hydrogen-bond acceptors (Lipinski definition) is 17. The molecule has 1 saturated heterocycles. The number of carbonyl (C=O) groups excluding carboxylic acids is 4. The molecule has 4 aromatic carbocycles. The number of likely N-dealkylation sites (N-methyl/N-ethyl adjacent to an activating group) is 1. The lowest BCUT2D eigenvalue weighted by Crippen LogP contribution is -2.81. The molecule has 0 radical (unpaired) electrons. The number of aryl methyl sites for hydroxylation is 1. The molecule has 6 heterocycles. The third kappa shape index (κ3) is 8.62. The van der Waals surface area contributed by atoms with E-state index in [1.165, 1.54) is 38.7 Å². The summed E-state index contributed by atoms with van der Waals surface area (Å²) in [5.41, 5.74) is 2.49. The summed E-state index contributed by atoms with van der Waals surface area (Å²) in [5.74, 6) is -1.02. The number of aromatic amines is 1. The molecule has 1 amide bonds. The first-order valence-corrected chi connectivity index (χ1v) is 31.0. The number of aliphatic hydroxyl groups is 1. The Morgan fingerprint density at radius 2 is 1.63 bits per heavy atom. The van der Waals surface area contributed by atoms with E-state index in [2.05, 4.69) is 45.2 Å². The van der Waals surface area contributed by atoms with Crippen LogP contribution >= 0.6 is 11.8 Å². The lowest BCUT2D eigenvalue weighted by Gasteiger charge is -2.63. The van der Waals surface area contributed by atoms with E-state index in [-0.39, 0.29) is 17.8 Å². The maximum Gasteiger partial charge on any atom is 0.344 e. The lowest BCUT2D eigenvalue weighted by atomic mass is 9.47. The van der Waals surface area contributed by atoms with Crippen LogP contribution in [0.1, 0.15) is 98.3 Å². The number of ether oxygens (including phenoxy) is 7. The zero-order valence-electron chi connectivity index (χ0n) is 50.7. The Labute approximate surface area is 505 Å². The first-order valence-electron chi connectivity index (χ1n) is 29.8. The van der Waals surface area contributed by atoms with Crippen LogP contribution in [0.2, 0.25) is 0 Å². The van der Waals surface area contributed by atoms with Crippen molar-refractivity contribution in [2.24, 2.45) is 11.3 Å². The van der Waals surface area contributed by atoms with Crippen LogP contribution < -0.4 is 34.6 Å². The maximum atomic E-state index is 15.5. The number of aromatic nitrogens is 1.